The monoisotopic (exact) mass is 400 g/mol. The summed E-state index contributed by atoms with van der Waals surface area (Å²) in [6, 6.07) is 16.7. The van der Waals surface area contributed by atoms with Crippen LogP contribution in [0.3, 0.4) is 0 Å². The molecule has 28 heavy (non-hydrogen) atoms. The van der Waals surface area contributed by atoms with Gasteiger partial charge >= 0.3 is 12.0 Å². The number of carbonyl (C=O) groups is 3. The minimum Gasteiger partial charge on any atom is -0.479 e. The summed E-state index contributed by atoms with van der Waals surface area (Å²) in [5, 5.41) is 12.1. The Morgan fingerprint density at radius 1 is 1.00 bits per heavy atom. The van der Waals surface area contributed by atoms with Crippen LogP contribution < -0.4 is 5.32 Å². The van der Waals surface area contributed by atoms with Crippen molar-refractivity contribution in [3.8, 4) is 0 Å². The van der Waals surface area contributed by atoms with Gasteiger partial charge in [-0.25, -0.2) is 9.59 Å². The predicted octanol–water partition coefficient (Wildman–Crippen LogP) is 3.35. The molecule has 2 rings (SSSR count). The molecule has 0 aliphatic carbocycles. The van der Waals surface area contributed by atoms with E-state index in [4.69, 9.17) is 0 Å². The Morgan fingerprint density at radius 3 is 2.18 bits per heavy atom. The Morgan fingerprint density at radius 2 is 1.61 bits per heavy atom. The number of hydrogen-bond acceptors (Lipinski definition) is 4. The van der Waals surface area contributed by atoms with Crippen molar-refractivity contribution in [2.45, 2.75) is 19.4 Å². The van der Waals surface area contributed by atoms with E-state index in [1.165, 1.54) is 6.92 Å². The number of amides is 2. The second kappa shape index (κ2) is 11.1. The minimum absolute atomic E-state index is 0.0175. The first-order chi connectivity index (χ1) is 13.5. The van der Waals surface area contributed by atoms with E-state index in [1.807, 2.05) is 30.3 Å². The molecule has 0 saturated carbocycles. The second-order valence-corrected chi connectivity index (χ2v) is 7.47. The smallest absolute Gasteiger partial charge is 0.330 e. The van der Waals surface area contributed by atoms with Crippen molar-refractivity contribution >= 4 is 28.9 Å². The van der Waals surface area contributed by atoms with Crippen LogP contribution in [0.4, 0.5) is 4.79 Å². The first kappa shape index (κ1) is 21.5. The highest BCUT2D eigenvalue weighted by molar-refractivity contribution is 8.13. The van der Waals surface area contributed by atoms with Gasteiger partial charge in [0.25, 0.3) is 0 Å². The van der Waals surface area contributed by atoms with E-state index in [0.717, 1.165) is 17.3 Å². The fraction of sp³-hybridized carbons (Fsp3) is 0.286. The van der Waals surface area contributed by atoms with E-state index < -0.39 is 18.0 Å². The van der Waals surface area contributed by atoms with E-state index in [1.54, 1.807) is 35.2 Å². The van der Waals surface area contributed by atoms with Gasteiger partial charge in [-0.05, 0) is 17.5 Å². The number of thioether (sulfide) groups is 1. The SMILES string of the molecule is CC(=O)SCCN(CCc1ccccc1)C(=O)N[C@H](C(=O)O)c1ccccc1. The van der Waals surface area contributed by atoms with E-state index in [0.29, 0.717) is 30.8 Å². The molecule has 7 heteroatoms. The summed E-state index contributed by atoms with van der Waals surface area (Å²) in [4.78, 5) is 37.2. The molecule has 0 heterocycles. The quantitative estimate of drug-likeness (QED) is 0.674. The average molecular weight is 401 g/mol. The van der Waals surface area contributed by atoms with Crippen LogP contribution in [0.15, 0.2) is 60.7 Å². The molecular weight excluding hydrogens is 376 g/mol. The summed E-state index contributed by atoms with van der Waals surface area (Å²) >= 11 is 1.14. The van der Waals surface area contributed by atoms with Crippen LogP contribution >= 0.6 is 11.8 Å². The lowest BCUT2D eigenvalue weighted by Gasteiger charge is -2.25. The molecule has 2 amide bonds. The Labute approximate surface area is 168 Å². The molecule has 0 aromatic heterocycles. The number of aliphatic carboxylic acids is 1. The number of urea groups is 1. The van der Waals surface area contributed by atoms with Gasteiger partial charge in [-0.1, -0.05) is 72.4 Å². The lowest BCUT2D eigenvalue weighted by atomic mass is 10.1. The molecule has 2 N–H and O–H groups in total. The van der Waals surface area contributed by atoms with Gasteiger partial charge in [0.2, 0.25) is 0 Å². The van der Waals surface area contributed by atoms with Gasteiger partial charge in [-0.15, -0.1) is 0 Å². The number of carboxylic acid groups (broad SMARTS) is 1. The van der Waals surface area contributed by atoms with Crippen LogP contribution in [0, 0.1) is 0 Å². The van der Waals surface area contributed by atoms with Crippen molar-refractivity contribution < 1.29 is 19.5 Å². The maximum Gasteiger partial charge on any atom is 0.330 e. The van der Waals surface area contributed by atoms with E-state index in [2.05, 4.69) is 5.32 Å². The zero-order chi connectivity index (χ0) is 20.4. The number of nitrogens with one attached hydrogen (secondary N) is 1. The lowest BCUT2D eigenvalue weighted by Crippen LogP contribution is -2.45. The summed E-state index contributed by atoms with van der Waals surface area (Å²) in [5.74, 6) is -0.665. The van der Waals surface area contributed by atoms with Crippen LogP contribution in [-0.4, -0.2) is 46.0 Å². The molecule has 148 valence electrons. The molecule has 0 aliphatic rings. The summed E-state index contributed by atoms with van der Waals surface area (Å²) in [7, 11) is 0. The number of carbonyl (C=O) groups excluding carboxylic acids is 2. The topological polar surface area (TPSA) is 86.7 Å². The van der Waals surface area contributed by atoms with Crippen molar-refractivity contribution in [2.24, 2.45) is 0 Å². The number of hydrogen-bond donors (Lipinski definition) is 2. The van der Waals surface area contributed by atoms with E-state index >= 15 is 0 Å². The fourth-order valence-corrected chi connectivity index (χ4v) is 3.27. The van der Waals surface area contributed by atoms with Crippen LogP contribution in [-0.2, 0) is 16.0 Å². The third-order valence-corrected chi connectivity index (χ3v) is 4.91. The Hall–Kier alpha value is -2.80. The molecule has 0 saturated heterocycles. The molecule has 2 aromatic carbocycles. The summed E-state index contributed by atoms with van der Waals surface area (Å²) < 4.78 is 0. The number of carboxylic acids is 1. The van der Waals surface area contributed by atoms with Crippen LogP contribution in [0.2, 0.25) is 0 Å². The number of nitrogens with zero attached hydrogens (tertiary/aromatic N) is 1. The van der Waals surface area contributed by atoms with Crippen molar-refractivity contribution in [2.75, 3.05) is 18.8 Å². The molecule has 0 radical (unpaired) electrons. The molecular formula is C21H24N2O4S. The van der Waals surface area contributed by atoms with Crippen LogP contribution in [0.1, 0.15) is 24.1 Å². The standard InChI is InChI=1S/C21H24N2O4S/c1-16(24)28-15-14-23(13-12-17-8-4-2-5-9-17)21(27)22-19(20(25)26)18-10-6-3-7-11-18/h2-11,19H,12-15H2,1H3,(H,22,27)(H,25,26)/t19-/m0/s1. The second-order valence-electron chi connectivity index (χ2n) is 6.19. The highest BCUT2D eigenvalue weighted by atomic mass is 32.2. The van der Waals surface area contributed by atoms with Gasteiger partial charge < -0.3 is 15.3 Å². The Bertz CT molecular complexity index is 784. The number of benzene rings is 2. The molecule has 0 bridgehead atoms. The highest BCUT2D eigenvalue weighted by Gasteiger charge is 2.24. The number of rotatable bonds is 9. The third-order valence-electron chi connectivity index (χ3n) is 4.11. The molecule has 0 unspecified atom stereocenters. The first-order valence-corrected chi connectivity index (χ1v) is 9.96. The van der Waals surface area contributed by atoms with Crippen LogP contribution in [0.5, 0.6) is 0 Å². The largest absolute Gasteiger partial charge is 0.479 e. The minimum atomic E-state index is -1.13. The Balaban J connectivity index is 2.07. The Kier molecular flexibility index (Phi) is 8.55. The fourth-order valence-electron chi connectivity index (χ4n) is 2.67. The van der Waals surface area contributed by atoms with Gasteiger partial charge in [0.15, 0.2) is 11.2 Å². The van der Waals surface area contributed by atoms with Crippen molar-refractivity contribution in [3.63, 3.8) is 0 Å². The van der Waals surface area contributed by atoms with Gasteiger partial charge in [-0.2, -0.15) is 0 Å². The molecule has 0 fully saturated rings. The lowest BCUT2D eigenvalue weighted by molar-refractivity contribution is -0.139. The summed E-state index contributed by atoms with van der Waals surface area (Å²) in [6.45, 7) is 2.26. The highest BCUT2D eigenvalue weighted by Crippen LogP contribution is 2.14. The zero-order valence-electron chi connectivity index (χ0n) is 15.7. The summed E-state index contributed by atoms with van der Waals surface area (Å²) in [6.07, 6.45) is 0.641. The van der Waals surface area contributed by atoms with E-state index in [-0.39, 0.29) is 5.12 Å². The first-order valence-electron chi connectivity index (χ1n) is 8.98. The van der Waals surface area contributed by atoms with Gasteiger partial charge in [-0.3, -0.25) is 4.79 Å². The molecule has 2 aromatic rings. The maximum absolute atomic E-state index is 12.8. The van der Waals surface area contributed by atoms with Crippen molar-refractivity contribution in [3.05, 3.63) is 71.8 Å². The van der Waals surface area contributed by atoms with Crippen LogP contribution in [0.25, 0.3) is 0 Å². The summed E-state index contributed by atoms with van der Waals surface area (Å²) in [5.41, 5.74) is 1.59. The van der Waals surface area contributed by atoms with Gasteiger partial charge in [0, 0.05) is 25.8 Å². The molecule has 0 spiro atoms. The predicted molar refractivity (Wildman–Crippen MR) is 110 cm³/mol. The van der Waals surface area contributed by atoms with Crippen molar-refractivity contribution in [1.29, 1.82) is 0 Å². The normalized spacial score (nSPS) is 11.5. The molecule has 1 atom stereocenters. The maximum atomic E-state index is 12.8. The van der Waals surface area contributed by atoms with Crippen molar-refractivity contribution in [1.82, 2.24) is 10.2 Å². The zero-order valence-corrected chi connectivity index (χ0v) is 16.5. The van der Waals surface area contributed by atoms with Gasteiger partial charge in [0.05, 0.1) is 0 Å². The molecule has 6 nitrogen and oxygen atoms in total. The molecule has 0 aliphatic heterocycles. The van der Waals surface area contributed by atoms with Gasteiger partial charge in [0.1, 0.15) is 0 Å². The average Bonchev–Trinajstić information content (AvgIpc) is 2.69. The third kappa shape index (κ3) is 7.08. The van der Waals surface area contributed by atoms with E-state index in [9.17, 15) is 19.5 Å².